The molecular formula is C9H12N2O3. The Hall–Kier alpha value is -1.78. The topological polar surface area (TPSA) is 51.5 Å². The Bertz CT molecular complexity index is 355. The molecule has 1 rings (SSSR count). The van der Waals surface area contributed by atoms with Crippen LogP contribution < -0.4 is 0 Å². The molecule has 0 aromatic carbocycles. The molecular weight excluding hydrogens is 184 g/mol. The molecule has 1 aromatic rings. The third-order valence-corrected chi connectivity index (χ3v) is 1.73. The van der Waals surface area contributed by atoms with Crippen LogP contribution in [0.3, 0.4) is 0 Å². The fourth-order valence-electron chi connectivity index (χ4n) is 1.03. The van der Waals surface area contributed by atoms with E-state index < -0.39 is 5.97 Å². The SMILES string of the molecule is COC(=O)c1cccn1C(=O)N(C)C. The Kier molecular flexibility index (Phi) is 2.91. The number of hydrogen-bond donors (Lipinski definition) is 0. The van der Waals surface area contributed by atoms with E-state index in [-0.39, 0.29) is 11.7 Å². The fourth-order valence-corrected chi connectivity index (χ4v) is 1.03. The minimum absolute atomic E-state index is 0.228. The Morgan fingerprint density at radius 3 is 2.57 bits per heavy atom. The first-order chi connectivity index (χ1) is 6.57. The number of nitrogens with zero attached hydrogens (tertiary/aromatic N) is 2. The van der Waals surface area contributed by atoms with E-state index in [4.69, 9.17) is 0 Å². The Morgan fingerprint density at radius 1 is 1.43 bits per heavy atom. The van der Waals surface area contributed by atoms with Crippen LogP contribution in [-0.2, 0) is 4.74 Å². The van der Waals surface area contributed by atoms with Crippen molar-refractivity contribution in [3.8, 4) is 0 Å². The molecule has 0 saturated heterocycles. The molecule has 1 heterocycles. The lowest BCUT2D eigenvalue weighted by Crippen LogP contribution is -2.29. The van der Waals surface area contributed by atoms with E-state index in [1.807, 2.05) is 0 Å². The van der Waals surface area contributed by atoms with Crippen LogP contribution in [0.5, 0.6) is 0 Å². The van der Waals surface area contributed by atoms with Gasteiger partial charge in [0.25, 0.3) is 0 Å². The molecule has 14 heavy (non-hydrogen) atoms. The van der Waals surface area contributed by atoms with Crippen LogP contribution in [-0.4, -0.2) is 42.7 Å². The van der Waals surface area contributed by atoms with E-state index >= 15 is 0 Å². The summed E-state index contributed by atoms with van der Waals surface area (Å²) in [6, 6.07) is 2.87. The van der Waals surface area contributed by atoms with Gasteiger partial charge in [-0.05, 0) is 12.1 Å². The van der Waals surface area contributed by atoms with Crippen LogP contribution in [0.15, 0.2) is 18.3 Å². The molecule has 0 bridgehead atoms. The van der Waals surface area contributed by atoms with E-state index in [2.05, 4.69) is 4.74 Å². The molecule has 0 N–H and O–H groups in total. The zero-order chi connectivity index (χ0) is 10.7. The number of carbonyl (C=O) groups excluding carboxylic acids is 2. The molecule has 0 spiro atoms. The number of esters is 1. The number of amides is 1. The minimum Gasteiger partial charge on any atom is -0.464 e. The summed E-state index contributed by atoms with van der Waals surface area (Å²) in [6.45, 7) is 0. The maximum absolute atomic E-state index is 11.5. The van der Waals surface area contributed by atoms with Crippen LogP contribution >= 0.6 is 0 Å². The van der Waals surface area contributed by atoms with Crippen molar-refractivity contribution >= 4 is 12.0 Å². The molecule has 0 unspecified atom stereocenters. The van der Waals surface area contributed by atoms with Gasteiger partial charge in [-0.2, -0.15) is 0 Å². The van der Waals surface area contributed by atoms with E-state index in [0.717, 1.165) is 0 Å². The fraction of sp³-hybridized carbons (Fsp3) is 0.333. The highest BCUT2D eigenvalue weighted by Crippen LogP contribution is 2.05. The molecule has 0 aliphatic rings. The molecule has 5 nitrogen and oxygen atoms in total. The van der Waals surface area contributed by atoms with Crippen LogP contribution in [0.1, 0.15) is 10.5 Å². The molecule has 0 atom stereocenters. The predicted octanol–water partition coefficient (Wildman–Crippen LogP) is 0.804. The van der Waals surface area contributed by atoms with Gasteiger partial charge in [-0.15, -0.1) is 0 Å². The van der Waals surface area contributed by atoms with Gasteiger partial charge in [0.05, 0.1) is 7.11 Å². The first kappa shape index (κ1) is 10.3. The van der Waals surface area contributed by atoms with Crippen molar-refractivity contribution < 1.29 is 14.3 Å². The van der Waals surface area contributed by atoms with Crippen molar-refractivity contribution in [3.63, 3.8) is 0 Å². The number of carbonyl (C=O) groups is 2. The van der Waals surface area contributed by atoms with Crippen LogP contribution in [0.2, 0.25) is 0 Å². The Labute approximate surface area is 81.9 Å². The van der Waals surface area contributed by atoms with Crippen LogP contribution in [0.25, 0.3) is 0 Å². The average Bonchev–Trinajstić information content (AvgIpc) is 2.63. The summed E-state index contributed by atoms with van der Waals surface area (Å²) < 4.78 is 5.78. The van der Waals surface area contributed by atoms with Gasteiger partial charge in [0, 0.05) is 20.3 Å². The Morgan fingerprint density at radius 2 is 2.07 bits per heavy atom. The van der Waals surface area contributed by atoms with Gasteiger partial charge in [0.2, 0.25) is 0 Å². The zero-order valence-corrected chi connectivity index (χ0v) is 8.35. The quantitative estimate of drug-likeness (QED) is 0.624. The summed E-state index contributed by atoms with van der Waals surface area (Å²) in [4.78, 5) is 24.1. The molecule has 76 valence electrons. The van der Waals surface area contributed by atoms with Crippen molar-refractivity contribution in [2.75, 3.05) is 21.2 Å². The number of rotatable bonds is 1. The normalized spacial score (nSPS) is 9.64. The maximum Gasteiger partial charge on any atom is 0.355 e. The highest BCUT2D eigenvalue weighted by molar-refractivity contribution is 5.92. The molecule has 0 aliphatic carbocycles. The second kappa shape index (κ2) is 3.95. The predicted molar refractivity (Wildman–Crippen MR) is 50.3 cm³/mol. The van der Waals surface area contributed by atoms with E-state index in [0.29, 0.717) is 0 Å². The first-order valence-corrected chi connectivity index (χ1v) is 4.05. The van der Waals surface area contributed by atoms with Gasteiger partial charge in [0.15, 0.2) is 0 Å². The third kappa shape index (κ3) is 1.76. The van der Waals surface area contributed by atoms with E-state index in [1.54, 1.807) is 20.2 Å². The van der Waals surface area contributed by atoms with Crippen molar-refractivity contribution in [2.24, 2.45) is 0 Å². The van der Waals surface area contributed by atoms with E-state index in [1.165, 1.54) is 28.8 Å². The second-order valence-electron chi connectivity index (χ2n) is 2.93. The van der Waals surface area contributed by atoms with Gasteiger partial charge >= 0.3 is 12.0 Å². The van der Waals surface area contributed by atoms with Crippen molar-refractivity contribution in [1.29, 1.82) is 0 Å². The van der Waals surface area contributed by atoms with Crippen molar-refractivity contribution in [1.82, 2.24) is 9.47 Å². The van der Waals surface area contributed by atoms with Gasteiger partial charge < -0.3 is 9.64 Å². The molecule has 1 amide bonds. The van der Waals surface area contributed by atoms with Gasteiger partial charge in [-0.1, -0.05) is 0 Å². The maximum atomic E-state index is 11.5. The third-order valence-electron chi connectivity index (χ3n) is 1.73. The highest BCUT2D eigenvalue weighted by atomic mass is 16.5. The van der Waals surface area contributed by atoms with Gasteiger partial charge in [-0.25, -0.2) is 9.59 Å². The summed E-state index contributed by atoms with van der Waals surface area (Å²) in [5.74, 6) is -0.523. The smallest absolute Gasteiger partial charge is 0.355 e. The molecule has 0 saturated carbocycles. The number of methoxy groups -OCH3 is 1. The standard InChI is InChI=1S/C9H12N2O3/c1-10(2)9(13)11-6-4-5-7(11)8(12)14-3/h4-6H,1-3H3. The summed E-state index contributed by atoms with van der Waals surface area (Å²) in [6.07, 6.45) is 1.52. The van der Waals surface area contributed by atoms with Crippen molar-refractivity contribution in [3.05, 3.63) is 24.0 Å². The zero-order valence-electron chi connectivity index (χ0n) is 8.35. The first-order valence-electron chi connectivity index (χ1n) is 4.05. The van der Waals surface area contributed by atoms with Gasteiger partial charge in [-0.3, -0.25) is 4.57 Å². The average molecular weight is 196 g/mol. The molecule has 0 radical (unpaired) electrons. The Balaban J connectivity index is 3.04. The summed E-state index contributed by atoms with van der Waals surface area (Å²) >= 11 is 0. The minimum atomic E-state index is -0.523. The van der Waals surface area contributed by atoms with Crippen LogP contribution in [0.4, 0.5) is 4.79 Å². The summed E-state index contributed by atoms with van der Waals surface area (Å²) in [5, 5.41) is 0. The lowest BCUT2D eigenvalue weighted by atomic mass is 10.4. The molecule has 5 heteroatoms. The van der Waals surface area contributed by atoms with Gasteiger partial charge in [0.1, 0.15) is 5.69 Å². The summed E-state index contributed by atoms with van der Waals surface area (Å²) in [7, 11) is 4.51. The van der Waals surface area contributed by atoms with E-state index in [9.17, 15) is 9.59 Å². The van der Waals surface area contributed by atoms with Crippen molar-refractivity contribution in [2.45, 2.75) is 0 Å². The molecule has 0 aliphatic heterocycles. The monoisotopic (exact) mass is 196 g/mol. The lowest BCUT2D eigenvalue weighted by molar-refractivity contribution is 0.0589. The largest absolute Gasteiger partial charge is 0.464 e. The molecule has 0 fully saturated rings. The summed E-state index contributed by atoms with van der Waals surface area (Å²) in [5.41, 5.74) is 0.228. The lowest BCUT2D eigenvalue weighted by Gasteiger charge is -2.12. The number of ether oxygens (including phenoxy) is 1. The number of aromatic nitrogens is 1. The van der Waals surface area contributed by atoms with Crippen LogP contribution in [0, 0.1) is 0 Å². The highest BCUT2D eigenvalue weighted by Gasteiger charge is 2.16. The number of hydrogen-bond acceptors (Lipinski definition) is 3. The second-order valence-corrected chi connectivity index (χ2v) is 2.93. The molecule has 1 aromatic heterocycles.